The van der Waals surface area contributed by atoms with Crippen molar-refractivity contribution in [1.82, 2.24) is 20.9 Å². The van der Waals surface area contributed by atoms with Crippen LogP contribution in [0.2, 0.25) is 5.02 Å². The fourth-order valence-electron chi connectivity index (χ4n) is 6.55. The minimum atomic E-state index is -0.929. The van der Waals surface area contributed by atoms with Gasteiger partial charge in [0.25, 0.3) is 0 Å². The molecule has 252 valence electrons. The second kappa shape index (κ2) is 19.2. The molecule has 0 saturated carbocycles. The summed E-state index contributed by atoms with van der Waals surface area (Å²) in [6.07, 6.45) is 8.33. The Labute approximate surface area is 283 Å². The predicted octanol–water partition coefficient (Wildman–Crippen LogP) is 6.03. The van der Waals surface area contributed by atoms with Crippen LogP contribution in [-0.2, 0) is 15.9 Å². The monoisotopic (exact) mass is 708 g/mol. The van der Waals surface area contributed by atoms with E-state index in [4.69, 9.17) is 16.3 Å². The van der Waals surface area contributed by atoms with Gasteiger partial charge in [0, 0.05) is 68.8 Å². The highest BCUT2D eigenvalue weighted by Crippen LogP contribution is 2.40. The number of piperidine rings is 2. The largest absolute Gasteiger partial charge is 0.385 e. The molecule has 0 aromatic heterocycles. The Morgan fingerprint density at radius 1 is 0.956 bits per heavy atom. The van der Waals surface area contributed by atoms with Gasteiger partial charge in [-0.3, -0.25) is 0 Å². The molecule has 0 radical (unpaired) electrons. The van der Waals surface area contributed by atoms with Gasteiger partial charge in [-0.15, -0.1) is 0 Å². The van der Waals surface area contributed by atoms with Gasteiger partial charge in [-0.05, 0) is 106 Å². The molecule has 2 fully saturated rings. The SMILES string of the molecule is CN(C)C(=O)NCCC[C@@](O)(c1cccc(Cl)c1)[C@@H]1CCCNC1.COCCCC[C@@](O)(c1cccc(Br)c1)[C@@H]1CCCNC1. The van der Waals surface area contributed by atoms with Crippen LogP contribution in [0.15, 0.2) is 53.0 Å². The minimum absolute atomic E-state index is 0.111. The van der Waals surface area contributed by atoms with E-state index in [1.807, 2.05) is 36.4 Å². The number of methoxy groups -OCH3 is 1. The van der Waals surface area contributed by atoms with Gasteiger partial charge in [-0.2, -0.15) is 0 Å². The van der Waals surface area contributed by atoms with Crippen molar-refractivity contribution < 1.29 is 19.7 Å². The van der Waals surface area contributed by atoms with E-state index < -0.39 is 11.2 Å². The van der Waals surface area contributed by atoms with E-state index in [2.05, 4.69) is 44.0 Å². The fourth-order valence-corrected chi connectivity index (χ4v) is 7.14. The normalized spacial score (nSPS) is 21.0. The Kier molecular flexibility index (Phi) is 16.1. The zero-order chi connectivity index (χ0) is 32.7. The molecule has 2 amide bonds. The third-order valence-electron chi connectivity index (χ3n) is 9.17. The maximum absolute atomic E-state index is 11.6. The topological polar surface area (TPSA) is 106 Å². The van der Waals surface area contributed by atoms with Crippen LogP contribution in [0.4, 0.5) is 4.79 Å². The van der Waals surface area contributed by atoms with Gasteiger partial charge in [0.15, 0.2) is 0 Å². The zero-order valence-electron chi connectivity index (χ0n) is 27.3. The average Bonchev–Trinajstić information content (AvgIpc) is 3.06. The van der Waals surface area contributed by atoms with Crippen LogP contribution in [0.25, 0.3) is 0 Å². The van der Waals surface area contributed by atoms with E-state index >= 15 is 0 Å². The zero-order valence-corrected chi connectivity index (χ0v) is 29.6. The van der Waals surface area contributed by atoms with E-state index in [-0.39, 0.29) is 17.9 Å². The third kappa shape index (κ3) is 11.5. The van der Waals surface area contributed by atoms with Crippen molar-refractivity contribution in [3.05, 3.63) is 69.2 Å². The maximum Gasteiger partial charge on any atom is 0.316 e. The Hall–Kier alpha value is -1.72. The number of nitrogens with one attached hydrogen (secondary N) is 3. The van der Waals surface area contributed by atoms with Crippen molar-refractivity contribution in [1.29, 1.82) is 0 Å². The van der Waals surface area contributed by atoms with Gasteiger partial charge < -0.3 is 35.8 Å². The predicted molar refractivity (Wildman–Crippen MR) is 187 cm³/mol. The summed E-state index contributed by atoms with van der Waals surface area (Å²) < 4.78 is 6.15. The Balaban J connectivity index is 0.000000248. The number of hydrogen-bond donors (Lipinski definition) is 5. The smallest absolute Gasteiger partial charge is 0.316 e. The molecule has 0 spiro atoms. The third-order valence-corrected chi connectivity index (χ3v) is 9.90. The van der Waals surface area contributed by atoms with Crippen LogP contribution >= 0.6 is 27.5 Å². The number of hydrogen-bond acceptors (Lipinski definition) is 6. The first kappa shape index (κ1) is 37.7. The molecule has 4 atom stereocenters. The summed E-state index contributed by atoms with van der Waals surface area (Å²) in [5, 5.41) is 33.2. The summed E-state index contributed by atoms with van der Waals surface area (Å²) in [5.74, 6) is 0.428. The first-order chi connectivity index (χ1) is 21.6. The van der Waals surface area contributed by atoms with Crippen LogP contribution in [0, 0.1) is 11.8 Å². The van der Waals surface area contributed by atoms with E-state index in [0.717, 1.165) is 93.3 Å². The summed E-state index contributed by atoms with van der Waals surface area (Å²) in [4.78, 5) is 13.1. The summed E-state index contributed by atoms with van der Waals surface area (Å²) in [6.45, 7) is 5.06. The summed E-state index contributed by atoms with van der Waals surface area (Å²) in [7, 11) is 5.15. The number of benzene rings is 2. The van der Waals surface area contributed by atoms with Crippen molar-refractivity contribution in [3.8, 4) is 0 Å². The van der Waals surface area contributed by atoms with Gasteiger partial charge >= 0.3 is 6.03 Å². The van der Waals surface area contributed by atoms with E-state index in [9.17, 15) is 15.0 Å². The van der Waals surface area contributed by atoms with Crippen LogP contribution in [0.5, 0.6) is 0 Å². The molecule has 0 aliphatic carbocycles. The van der Waals surface area contributed by atoms with Crippen molar-refractivity contribution in [2.45, 2.75) is 69.0 Å². The molecule has 5 N–H and O–H groups in total. The van der Waals surface area contributed by atoms with E-state index in [1.54, 1.807) is 21.2 Å². The number of carbonyl (C=O) groups excluding carboxylic acids is 1. The van der Waals surface area contributed by atoms with E-state index in [0.29, 0.717) is 24.4 Å². The number of halogens is 2. The highest BCUT2D eigenvalue weighted by Gasteiger charge is 2.39. The molecule has 2 aliphatic heterocycles. The molecule has 2 heterocycles. The van der Waals surface area contributed by atoms with Crippen molar-refractivity contribution in [2.24, 2.45) is 11.8 Å². The molecule has 2 saturated heterocycles. The molecule has 10 heteroatoms. The first-order valence-electron chi connectivity index (χ1n) is 16.4. The Bertz CT molecular complexity index is 1160. The van der Waals surface area contributed by atoms with Crippen molar-refractivity contribution >= 4 is 33.6 Å². The second-order valence-electron chi connectivity index (χ2n) is 12.6. The molecule has 0 bridgehead atoms. The molecule has 2 aromatic rings. The summed E-state index contributed by atoms with van der Waals surface area (Å²) >= 11 is 9.66. The lowest BCUT2D eigenvalue weighted by molar-refractivity contribution is -0.0435. The van der Waals surface area contributed by atoms with Gasteiger partial charge in [-0.1, -0.05) is 51.8 Å². The lowest BCUT2D eigenvalue weighted by Crippen LogP contribution is -2.45. The number of urea groups is 1. The van der Waals surface area contributed by atoms with E-state index in [1.165, 1.54) is 4.90 Å². The standard InChI is InChI=1S/C18H28ClN3O2.C17H26BrNO2/c1-22(2)17(23)21-11-5-9-18(24,15-7-4-10-20-13-15)14-6-3-8-16(19)12-14;1-21-11-3-2-9-17(20,15-7-5-10-19-13-15)14-6-4-8-16(18)12-14/h3,6,8,12,15,20,24H,4-5,7,9-11,13H2,1-2H3,(H,21,23);4,6,8,12,15,19-20H,2-3,5,7,9-11,13H2,1H3/t15-,18-;15-,17-/m11/s1. The lowest BCUT2D eigenvalue weighted by atomic mass is 9.74. The molecular weight excluding hydrogens is 656 g/mol. The molecule has 4 rings (SSSR count). The minimum Gasteiger partial charge on any atom is -0.385 e. The highest BCUT2D eigenvalue weighted by molar-refractivity contribution is 9.10. The van der Waals surface area contributed by atoms with Crippen LogP contribution in [0.1, 0.15) is 68.9 Å². The first-order valence-corrected chi connectivity index (χ1v) is 17.6. The summed E-state index contributed by atoms with van der Waals surface area (Å²) in [5.41, 5.74) is 0.220. The number of carbonyl (C=O) groups is 1. The van der Waals surface area contributed by atoms with Gasteiger partial charge in [0.2, 0.25) is 0 Å². The van der Waals surface area contributed by atoms with Crippen molar-refractivity contribution in [2.75, 3.05) is 60.5 Å². The molecule has 8 nitrogen and oxygen atoms in total. The average molecular weight is 710 g/mol. The number of rotatable bonds is 13. The van der Waals surface area contributed by atoms with Gasteiger partial charge in [-0.25, -0.2) is 4.79 Å². The Morgan fingerprint density at radius 3 is 2.04 bits per heavy atom. The second-order valence-corrected chi connectivity index (χ2v) is 14.0. The summed E-state index contributed by atoms with van der Waals surface area (Å²) in [6, 6.07) is 15.5. The maximum atomic E-state index is 11.6. The Morgan fingerprint density at radius 2 is 1.53 bits per heavy atom. The quantitative estimate of drug-likeness (QED) is 0.163. The lowest BCUT2D eigenvalue weighted by Gasteiger charge is -2.39. The number of amides is 2. The van der Waals surface area contributed by atoms with Crippen molar-refractivity contribution in [3.63, 3.8) is 0 Å². The van der Waals surface area contributed by atoms with Crippen LogP contribution in [0.3, 0.4) is 0 Å². The highest BCUT2D eigenvalue weighted by atomic mass is 79.9. The molecule has 2 aliphatic rings. The molecule has 0 unspecified atom stereocenters. The molecule has 45 heavy (non-hydrogen) atoms. The number of aliphatic hydroxyl groups is 2. The number of nitrogens with zero attached hydrogens (tertiary/aromatic N) is 1. The number of unbranched alkanes of at least 4 members (excludes halogenated alkanes) is 1. The fraction of sp³-hybridized carbons (Fsp3) is 0.629. The van der Waals surface area contributed by atoms with Gasteiger partial charge in [0.1, 0.15) is 0 Å². The number of ether oxygens (including phenoxy) is 1. The van der Waals surface area contributed by atoms with Crippen LogP contribution in [-0.4, -0.2) is 81.7 Å². The van der Waals surface area contributed by atoms with Crippen LogP contribution < -0.4 is 16.0 Å². The molecule has 2 aromatic carbocycles. The molecular formula is C35H54BrClN4O4. The van der Waals surface area contributed by atoms with Gasteiger partial charge in [0.05, 0.1) is 11.2 Å².